The first-order chi connectivity index (χ1) is 16.3. The zero-order valence-corrected chi connectivity index (χ0v) is 20.8. The molecule has 0 saturated heterocycles. The third kappa shape index (κ3) is 6.60. The molecule has 1 amide bonds. The Kier molecular flexibility index (Phi) is 8.71. The molecule has 0 heterocycles. The summed E-state index contributed by atoms with van der Waals surface area (Å²) in [7, 11) is -3.91. The van der Waals surface area contributed by atoms with Gasteiger partial charge in [-0.2, -0.15) is 0 Å². The van der Waals surface area contributed by atoms with Crippen LogP contribution < -0.4 is 14.4 Å². The molecule has 0 aliphatic heterocycles. The van der Waals surface area contributed by atoms with Crippen LogP contribution in [0.4, 0.5) is 5.69 Å². The third-order valence-electron chi connectivity index (χ3n) is 5.48. The Balaban J connectivity index is 1.66. The molecule has 3 rings (SSSR count). The van der Waals surface area contributed by atoms with Crippen LogP contribution in [0.5, 0.6) is 5.75 Å². The smallest absolute Gasteiger partial charge is 0.264 e. The summed E-state index contributed by atoms with van der Waals surface area (Å²) in [4.78, 5) is 12.9. The van der Waals surface area contributed by atoms with Crippen molar-refractivity contribution in [2.24, 2.45) is 0 Å². The van der Waals surface area contributed by atoms with Gasteiger partial charge in [0.1, 0.15) is 12.3 Å². The standard InChI is InChI=1S/C27H32N2O4S/c1-4-33-24-15-13-23(14-16-24)9-7-19-28-27(30)20-29(26-10-6-5-8-22(26)3)34(31,32)25-17-11-21(2)12-18-25/h5-6,8,10-18H,4,7,9,19-20H2,1-3H3,(H,28,30). The maximum Gasteiger partial charge on any atom is 0.264 e. The van der Waals surface area contributed by atoms with Crippen LogP contribution in [0.1, 0.15) is 30.0 Å². The van der Waals surface area contributed by atoms with E-state index in [1.807, 2.05) is 57.2 Å². The summed E-state index contributed by atoms with van der Waals surface area (Å²) in [6.07, 6.45) is 1.55. The molecule has 0 bridgehead atoms. The molecule has 3 aromatic rings. The summed E-state index contributed by atoms with van der Waals surface area (Å²) in [5.74, 6) is 0.497. The van der Waals surface area contributed by atoms with Crippen molar-refractivity contribution in [3.8, 4) is 5.75 Å². The van der Waals surface area contributed by atoms with Gasteiger partial charge in [0.05, 0.1) is 17.2 Å². The molecule has 0 radical (unpaired) electrons. The summed E-state index contributed by atoms with van der Waals surface area (Å²) >= 11 is 0. The number of hydrogen-bond acceptors (Lipinski definition) is 4. The van der Waals surface area contributed by atoms with Crippen molar-refractivity contribution in [2.75, 3.05) is 24.0 Å². The maximum absolute atomic E-state index is 13.5. The lowest BCUT2D eigenvalue weighted by atomic mass is 10.1. The Labute approximate surface area is 202 Å². The van der Waals surface area contributed by atoms with Crippen molar-refractivity contribution in [3.05, 3.63) is 89.5 Å². The van der Waals surface area contributed by atoms with Gasteiger partial charge in [-0.05, 0) is 75.1 Å². The van der Waals surface area contributed by atoms with E-state index in [9.17, 15) is 13.2 Å². The fourth-order valence-corrected chi connectivity index (χ4v) is 5.09. The number of anilines is 1. The molecule has 0 saturated carbocycles. The number of carbonyl (C=O) groups excluding carboxylic acids is 1. The first kappa shape index (κ1) is 25.3. The number of sulfonamides is 1. The first-order valence-corrected chi connectivity index (χ1v) is 12.9. The second-order valence-corrected chi connectivity index (χ2v) is 10.0. The molecule has 6 nitrogen and oxygen atoms in total. The lowest BCUT2D eigenvalue weighted by molar-refractivity contribution is -0.119. The first-order valence-electron chi connectivity index (χ1n) is 11.4. The van der Waals surface area contributed by atoms with Crippen molar-refractivity contribution in [1.82, 2.24) is 5.32 Å². The van der Waals surface area contributed by atoms with Crippen LogP contribution >= 0.6 is 0 Å². The minimum atomic E-state index is -3.91. The third-order valence-corrected chi connectivity index (χ3v) is 7.25. The largest absolute Gasteiger partial charge is 0.494 e. The van der Waals surface area contributed by atoms with Crippen molar-refractivity contribution in [3.63, 3.8) is 0 Å². The molecular weight excluding hydrogens is 448 g/mol. The van der Waals surface area contributed by atoms with Crippen LogP contribution in [-0.2, 0) is 21.2 Å². The van der Waals surface area contributed by atoms with Crippen LogP contribution in [0.3, 0.4) is 0 Å². The monoisotopic (exact) mass is 480 g/mol. The number of aryl methyl sites for hydroxylation is 3. The van der Waals surface area contributed by atoms with Crippen LogP contribution in [0.25, 0.3) is 0 Å². The Morgan fingerprint density at radius 1 is 0.941 bits per heavy atom. The van der Waals surface area contributed by atoms with E-state index in [-0.39, 0.29) is 17.3 Å². The molecule has 180 valence electrons. The Morgan fingerprint density at radius 3 is 2.26 bits per heavy atom. The second kappa shape index (κ2) is 11.7. The van der Waals surface area contributed by atoms with Gasteiger partial charge in [-0.1, -0.05) is 48.0 Å². The van der Waals surface area contributed by atoms with E-state index in [1.54, 1.807) is 36.4 Å². The number of hydrogen-bond donors (Lipinski definition) is 1. The molecule has 0 fully saturated rings. The maximum atomic E-state index is 13.5. The summed E-state index contributed by atoms with van der Waals surface area (Å²) < 4.78 is 33.6. The van der Waals surface area contributed by atoms with Gasteiger partial charge in [0.25, 0.3) is 10.0 Å². The molecule has 0 unspecified atom stereocenters. The summed E-state index contributed by atoms with van der Waals surface area (Å²) in [5, 5.41) is 2.87. The van der Waals surface area contributed by atoms with Crippen molar-refractivity contribution >= 4 is 21.6 Å². The zero-order chi connectivity index (χ0) is 24.6. The highest BCUT2D eigenvalue weighted by atomic mass is 32.2. The van der Waals surface area contributed by atoms with Gasteiger partial charge in [-0.15, -0.1) is 0 Å². The Bertz CT molecular complexity index is 1190. The summed E-state index contributed by atoms with van der Waals surface area (Å²) in [6.45, 7) is 6.48. The predicted octanol–water partition coefficient (Wildman–Crippen LogP) is 4.65. The van der Waals surface area contributed by atoms with E-state index in [2.05, 4.69) is 5.32 Å². The normalized spacial score (nSPS) is 11.1. The quantitative estimate of drug-likeness (QED) is 0.406. The van der Waals surface area contributed by atoms with Crippen molar-refractivity contribution in [1.29, 1.82) is 0 Å². The van der Waals surface area contributed by atoms with Gasteiger partial charge < -0.3 is 10.1 Å². The van der Waals surface area contributed by atoms with Gasteiger partial charge >= 0.3 is 0 Å². The van der Waals surface area contributed by atoms with Gasteiger partial charge in [0.15, 0.2) is 0 Å². The van der Waals surface area contributed by atoms with E-state index in [4.69, 9.17) is 4.74 Å². The molecule has 0 aliphatic rings. The summed E-state index contributed by atoms with van der Waals surface area (Å²) in [6, 6.07) is 21.7. The molecule has 0 atom stereocenters. The van der Waals surface area contributed by atoms with Gasteiger partial charge in [-0.25, -0.2) is 8.42 Å². The average Bonchev–Trinajstić information content (AvgIpc) is 2.82. The number of ether oxygens (including phenoxy) is 1. The SMILES string of the molecule is CCOc1ccc(CCCNC(=O)CN(c2ccccc2C)S(=O)(=O)c2ccc(C)cc2)cc1. The Hall–Kier alpha value is -3.32. The van der Waals surface area contributed by atoms with E-state index in [1.165, 1.54) is 4.31 Å². The molecule has 1 N–H and O–H groups in total. The highest BCUT2D eigenvalue weighted by molar-refractivity contribution is 7.92. The lowest BCUT2D eigenvalue weighted by Crippen LogP contribution is -2.41. The number of amides is 1. The highest BCUT2D eigenvalue weighted by Gasteiger charge is 2.28. The highest BCUT2D eigenvalue weighted by Crippen LogP contribution is 2.26. The molecule has 0 aliphatic carbocycles. The van der Waals surface area contributed by atoms with Crippen LogP contribution in [0, 0.1) is 13.8 Å². The minimum absolute atomic E-state index is 0.157. The Morgan fingerprint density at radius 2 is 1.62 bits per heavy atom. The second-order valence-electron chi connectivity index (χ2n) is 8.14. The van der Waals surface area contributed by atoms with Gasteiger partial charge in [0.2, 0.25) is 5.91 Å². The topological polar surface area (TPSA) is 75.7 Å². The fraction of sp³-hybridized carbons (Fsp3) is 0.296. The van der Waals surface area contributed by atoms with Crippen molar-refractivity contribution < 1.29 is 17.9 Å². The number of nitrogens with one attached hydrogen (secondary N) is 1. The molecule has 0 aromatic heterocycles. The average molecular weight is 481 g/mol. The molecule has 3 aromatic carbocycles. The zero-order valence-electron chi connectivity index (χ0n) is 20.0. The van der Waals surface area contributed by atoms with Gasteiger partial charge in [-0.3, -0.25) is 9.10 Å². The van der Waals surface area contributed by atoms with E-state index < -0.39 is 10.0 Å². The molecule has 34 heavy (non-hydrogen) atoms. The number of rotatable bonds is 11. The number of carbonyl (C=O) groups is 1. The number of para-hydroxylation sites is 1. The molecule has 0 spiro atoms. The van der Waals surface area contributed by atoms with Crippen LogP contribution in [0.2, 0.25) is 0 Å². The minimum Gasteiger partial charge on any atom is -0.494 e. The van der Waals surface area contributed by atoms with Gasteiger partial charge in [0, 0.05) is 6.54 Å². The van der Waals surface area contributed by atoms with E-state index in [0.29, 0.717) is 18.8 Å². The number of nitrogens with zero attached hydrogens (tertiary/aromatic N) is 1. The number of benzene rings is 3. The van der Waals surface area contributed by atoms with Crippen LogP contribution in [0.15, 0.2) is 77.7 Å². The summed E-state index contributed by atoms with van der Waals surface area (Å²) in [5.41, 5.74) is 3.39. The van der Waals surface area contributed by atoms with E-state index >= 15 is 0 Å². The van der Waals surface area contributed by atoms with Crippen molar-refractivity contribution in [2.45, 2.75) is 38.5 Å². The molecular formula is C27H32N2O4S. The lowest BCUT2D eigenvalue weighted by Gasteiger charge is -2.25. The predicted molar refractivity (Wildman–Crippen MR) is 136 cm³/mol. The van der Waals surface area contributed by atoms with E-state index in [0.717, 1.165) is 35.3 Å². The van der Waals surface area contributed by atoms with Crippen LogP contribution in [-0.4, -0.2) is 34.0 Å². The molecule has 7 heteroatoms. The fourth-order valence-electron chi connectivity index (χ4n) is 3.61.